The zero-order valence-corrected chi connectivity index (χ0v) is 17.3. The van der Waals surface area contributed by atoms with Gasteiger partial charge in [0, 0.05) is 12.6 Å². The summed E-state index contributed by atoms with van der Waals surface area (Å²) >= 11 is 6.50. The Morgan fingerprint density at radius 1 is 0.964 bits per heavy atom. The molecule has 3 nitrogen and oxygen atoms in total. The first-order chi connectivity index (χ1) is 13.6. The summed E-state index contributed by atoms with van der Waals surface area (Å²) in [5.74, 6) is 1.22. The number of hydrogen-bond donors (Lipinski definition) is 1. The van der Waals surface area contributed by atoms with Crippen LogP contribution in [0.1, 0.15) is 35.2 Å². The van der Waals surface area contributed by atoms with Gasteiger partial charge in [-0.3, -0.25) is 0 Å². The predicted molar refractivity (Wildman–Crippen MR) is 115 cm³/mol. The van der Waals surface area contributed by atoms with Crippen molar-refractivity contribution in [3.8, 4) is 11.5 Å². The van der Waals surface area contributed by atoms with E-state index in [2.05, 4.69) is 55.6 Å². The Labute approximate surface area is 172 Å². The summed E-state index contributed by atoms with van der Waals surface area (Å²) in [7, 11) is 1.63. The van der Waals surface area contributed by atoms with Gasteiger partial charge in [0.05, 0.1) is 12.1 Å². The maximum absolute atomic E-state index is 6.50. The van der Waals surface area contributed by atoms with E-state index in [1.165, 1.54) is 11.1 Å². The molecule has 0 aliphatic rings. The van der Waals surface area contributed by atoms with E-state index in [1.807, 2.05) is 30.3 Å². The predicted octanol–water partition coefficient (Wildman–Crippen LogP) is 6.09. The molecule has 0 radical (unpaired) electrons. The molecule has 146 valence electrons. The Bertz CT molecular complexity index is 894. The van der Waals surface area contributed by atoms with Gasteiger partial charge in [-0.1, -0.05) is 71.8 Å². The van der Waals surface area contributed by atoms with Gasteiger partial charge < -0.3 is 14.8 Å². The molecule has 1 atom stereocenters. The highest BCUT2D eigenvalue weighted by atomic mass is 35.5. The number of ether oxygens (including phenoxy) is 2. The zero-order valence-electron chi connectivity index (χ0n) is 16.5. The lowest BCUT2D eigenvalue weighted by Crippen LogP contribution is -2.18. The van der Waals surface area contributed by atoms with Crippen molar-refractivity contribution in [1.29, 1.82) is 0 Å². The van der Waals surface area contributed by atoms with E-state index < -0.39 is 0 Å². The van der Waals surface area contributed by atoms with Crippen molar-refractivity contribution in [3.05, 3.63) is 94.0 Å². The van der Waals surface area contributed by atoms with Crippen LogP contribution < -0.4 is 14.8 Å². The third-order valence-electron chi connectivity index (χ3n) is 4.70. The molecule has 0 amide bonds. The van der Waals surface area contributed by atoms with Gasteiger partial charge in [-0.2, -0.15) is 0 Å². The molecule has 3 aromatic carbocycles. The van der Waals surface area contributed by atoms with Crippen LogP contribution in [0.3, 0.4) is 0 Å². The van der Waals surface area contributed by atoms with Gasteiger partial charge in [-0.05, 0) is 42.7 Å². The van der Waals surface area contributed by atoms with Gasteiger partial charge in [0.25, 0.3) is 0 Å². The second-order valence-corrected chi connectivity index (χ2v) is 7.30. The molecule has 1 N–H and O–H groups in total. The summed E-state index contributed by atoms with van der Waals surface area (Å²) in [5, 5.41) is 4.07. The van der Waals surface area contributed by atoms with E-state index in [0.717, 1.165) is 11.1 Å². The maximum atomic E-state index is 6.50. The van der Waals surface area contributed by atoms with Crippen LogP contribution in [0.4, 0.5) is 0 Å². The van der Waals surface area contributed by atoms with Gasteiger partial charge in [0.2, 0.25) is 0 Å². The normalized spacial score (nSPS) is 11.9. The molecule has 4 heteroatoms. The molecule has 0 bridgehead atoms. The van der Waals surface area contributed by atoms with E-state index in [-0.39, 0.29) is 6.04 Å². The van der Waals surface area contributed by atoms with Gasteiger partial charge in [-0.15, -0.1) is 0 Å². The molecule has 3 rings (SSSR count). The van der Waals surface area contributed by atoms with Crippen molar-refractivity contribution >= 4 is 11.6 Å². The topological polar surface area (TPSA) is 30.5 Å². The zero-order chi connectivity index (χ0) is 19.9. The molecule has 0 unspecified atom stereocenters. The standard InChI is InChI=1S/C24H26ClNO2/c1-17-9-11-19(12-10-17)16-28-24-22(25)13-20(14-23(24)27-3)15-26-18(2)21-7-5-4-6-8-21/h4-14,18,26H,15-16H2,1-3H3/t18-/m0/s1. The van der Waals surface area contributed by atoms with Crippen molar-refractivity contribution < 1.29 is 9.47 Å². The fraction of sp³-hybridized carbons (Fsp3) is 0.250. The fourth-order valence-corrected chi connectivity index (χ4v) is 3.27. The number of hydrogen-bond acceptors (Lipinski definition) is 3. The van der Waals surface area contributed by atoms with Crippen LogP contribution in [0.5, 0.6) is 11.5 Å². The highest BCUT2D eigenvalue weighted by Crippen LogP contribution is 2.37. The molecule has 0 saturated carbocycles. The van der Waals surface area contributed by atoms with Crippen molar-refractivity contribution in [2.24, 2.45) is 0 Å². The summed E-state index contributed by atoms with van der Waals surface area (Å²) in [4.78, 5) is 0. The van der Waals surface area contributed by atoms with Gasteiger partial charge >= 0.3 is 0 Å². The van der Waals surface area contributed by atoms with Crippen LogP contribution in [0.15, 0.2) is 66.7 Å². The summed E-state index contributed by atoms with van der Waals surface area (Å²) < 4.78 is 11.5. The number of methoxy groups -OCH3 is 1. The molecular weight excluding hydrogens is 370 g/mol. The minimum Gasteiger partial charge on any atom is -0.493 e. The van der Waals surface area contributed by atoms with E-state index >= 15 is 0 Å². The van der Waals surface area contributed by atoms with E-state index in [1.54, 1.807) is 7.11 Å². The minimum atomic E-state index is 0.239. The van der Waals surface area contributed by atoms with Crippen LogP contribution in [-0.2, 0) is 13.2 Å². The van der Waals surface area contributed by atoms with Crippen LogP contribution in [0, 0.1) is 6.92 Å². The summed E-state index contributed by atoms with van der Waals surface area (Å²) in [5.41, 5.74) is 4.61. The highest BCUT2D eigenvalue weighted by Gasteiger charge is 2.13. The minimum absolute atomic E-state index is 0.239. The second kappa shape index (κ2) is 9.63. The van der Waals surface area contributed by atoms with Crippen LogP contribution >= 0.6 is 11.6 Å². The number of benzene rings is 3. The molecule has 0 spiro atoms. The van der Waals surface area contributed by atoms with Gasteiger partial charge in [-0.25, -0.2) is 0 Å². The molecule has 3 aromatic rings. The largest absolute Gasteiger partial charge is 0.493 e. The number of halogens is 1. The third-order valence-corrected chi connectivity index (χ3v) is 4.99. The third kappa shape index (κ3) is 5.28. The Kier molecular flexibility index (Phi) is 6.96. The van der Waals surface area contributed by atoms with E-state index in [9.17, 15) is 0 Å². The van der Waals surface area contributed by atoms with Crippen LogP contribution in [-0.4, -0.2) is 7.11 Å². The molecular formula is C24H26ClNO2. The lowest BCUT2D eigenvalue weighted by molar-refractivity contribution is 0.284. The molecule has 0 saturated heterocycles. The molecule has 0 aliphatic carbocycles. The lowest BCUT2D eigenvalue weighted by atomic mass is 10.1. The average Bonchev–Trinajstić information content (AvgIpc) is 2.72. The Morgan fingerprint density at radius 3 is 2.36 bits per heavy atom. The van der Waals surface area contributed by atoms with Crippen molar-refractivity contribution in [2.75, 3.05) is 7.11 Å². The first-order valence-corrected chi connectivity index (χ1v) is 9.77. The average molecular weight is 396 g/mol. The SMILES string of the molecule is COc1cc(CN[C@@H](C)c2ccccc2)cc(Cl)c1OCc1ccc(C)cc1. The Balaban J connectivity index is 1.67. The molecule has 0 aliphatic heterocycles. The monoisotopic (exact) mass is 395 g/mol. The molecule has 28 heavy (non-hydrogen) atoms. The number of aryl methyl sites for hydroxylation is 1. The first-order valence-electron chi connectivity index (χ1n) is 9.40. The Hall–Kier alpha value is -2.49. The van der Waals surface area contributed by atoms with Crippen molar-refractivity contribution in [2.45, 2.75) is 33.0 Å². The number of nitrogens with one attached hydrogen (secondary N) is 1. The van der Waals surface area contributed by atoms with E-state index in [0.29, 0.717) is 29.7 Å². The summed E-state index contributed by atoms with van der Waals surface area (Å²) in [6.07, 6.45) is 0. The Morgan fingerprint density at radius 2 is 1.68 bits per heavy atom. The summed E-state index contributed by atoms with van der Waals surface area (Å²) in [6.45, 7) is 5.34. The molecule has 0 aromatic heterocycles. The molecule has 0 heterocycles. The van der Waals surface area contributed by atoms with Gasteiger partial charge in [0.1, 0.15) is 6.61 Å². The number of rotatable bonds is 8. The lowest BCUT2D eigenvalue weighted by Gasteiger charge is -2.17. The van der Waals surface area contributed by atoms with Crippen LogP contribution in [0.2, 0.25) is 5.02 Å². The maximum Gasteiger partial charge on any atom is 0.180 e. The quantitative estimate of drug-likeness (QED) is 0.500. The fourth-order valence-electron chi connectivity index (χ4n) is 2.99. The van der Waals surface area contributed by atoms with Crippen LogP contribution in [0.25, 0.3) is 0 Å². The first kappa shape index (κ1) is 20.2. The van der Waals surface area contributed by atoms with Gasteiger partial charge in [0.15, 0.2) is 11.5 Å². The van der Waals surface area contributed by atoms with E-state index in [4.69, 9.17) is 21.1 Å². The summed E-state index contributed by atoms with van der Waals surface area (Å²) in [6, 6.07) is 22.7. The second-order valence-electron chi connectivity index (χ2n) is 6.90. The molecule has 0 fully saturated rings. The smallest absolute Gasteiger partial charge is 0.180 e. The van der Waals surface area contributed by atoms with Crippen molar-refractivity contribution in [3.63, 3.8) is 0 Å². The highest BCUT2D eigenvalue weighted by molar-refractivity contribution is 6.32. The van der Waals surface area contributed by atoms with Crippen molar-refractivity contribution in [1.82, 2.24) is 5.32 Å².